The Bertz CT molecular complexity index is 3060. The Labute approximate surface area is 640 Å². The van der Waals surface area contributed by atoms with Crippen LogP contribution in [0.2, 0.25) is 90.7 Å². The minimum atomic E-state index is -2.67. The molecule has 0 aliphatic carbocycles. The van der Waals surface area contributed by atoms with Gasteiger partial charge in [0.2, 0.25) is 0 Å². The summed E-state index contributed by atoms with van der Waals surface area (Å²) in [4.78, 5) is 17.3. The molecule has 0 bridgehead atoms. The standard InChI is InChI=1S/C80H141IO15SSi5/c1-31-55-32-35-60(97(83)84)48-62(55)70(64-37-38-65-72(91-64)74(95-101(27,28)79(15,16)17)75(96-102(29,30)80(18,19)20)73(92-65)66(40-41-81)94-100(25,26)78(12,13)14)71(82)54(5)61-47-58(46-59(93-99(23,24)77(9,10)11)50-87-98(21,22)76(6,7)8)90-68(61)49-67-53(4)51(2)44-56(89-67)33-36-63-52(3)45-57(88-63)34-39-69-85-42-43-86-69/h32,35,40-41,48,54,56-59,61,63-70,72-75H,2-4,31,33-34,36-39,42-47,49-50H2,1,5-30H3,(H,83,84)/b41-40+/t54-,56+,57+,58-,59?,61+,63+,64-,65+,66+,67-,68+,70?,72?,73?,74?,75?/m1/s1. The molecule has 0 amide bonds. The number of carbonyl (C=O) groups excluding carboxylic acids is 1. The molecule has 102 heavy (non-hydrogen) atoms. The first-order valence-electron chi connectivity index (χ1n) is 38.7. The molecule has 1 aromatic carbocycles. The van der Waals surface area contributed by atoms with Crippen molar-refractivity contribution in [3.8, 4) is 0 Å². The smallest absolute Gasteiger partial charge is 0.193 e. The van der Waals surface area contributed by atoms with Crippen LogP contribution in [0.3, 0.4) is 0 Å². The molecule has 0 saturated carbocycles. The number of hydrogen-bond acceptors (Lipinski definition) is 14. The molecule has 6 fully saturated rings. The molecule has 7 rings (SSSR count). The van der Waals surface area contributed by atoms with Gasteiger partial charge in [0, 0.05) is 25.2 Å². The fraction of sp³-hybridized carbons (Fsp3) is 0.812. The number of carbonyl (C=O) groups is 1. The van der Waals surface area contributed by atoms with Crippen LogP contribution in [0.5, 0.6) is 0 Å². The summed E-state index contributed by atoms with van der Waals surface area (Å²) < 4.78 is 113. The maximum atomic E-state index is 17.1. The van der Waals surface area contributed by atoms with E-state index in [0.717, 1.165) is 54.4 Å². The van der Waals surface area contributed by atoms with Crippen molar-refractivity contribution in [2.24, 2.45) is 11.8 Å². The Kier molecular flexibility index (Phi) is 29.9. The predicted molar refractivity (Wildman–Crippen MR) is 437 cm³/mol. The Balaban J connectivity index is 1.32. The van der Waals surface area contributed by atoms with Gasteiger partial charge in [-0.15, -0.1) is 0 Å². The van der Waals surface area contributed by atoms with Crippen molar-refractivity contribution >= 4 is 81.0 Å². The summed E-state index contributed by atoms with van der Waals surface area (Å²) in [7, 11) is -12.3. The van der Waals surface area contributed by atoms with E-state index in [1.807, 2.05) is 10.1 Å². The van der Waals surface area contributed by atoms with Crippen LogP contribution in [-0.4, -0.2) is 168 Å². The summed E-state index contributed by atoms with van der Waals surface area (Å²) in [5.74, 6) is -1.77. The second-order valence-corrected chi connectivity index (χ2v) is 64.1. The number of aryl methyl sites for hydroxylation is 1. The molecule has 0 aromatic heterocycles. The normalized spacial score (nSPS) is 29.7. The fourth-order valence-electron chi connectivity index (χ4n) is 14.3. The van der Waals surface area contributed by atoms with Gasteiger partial charge in [-0.1, -0.05) is 166 Å². The molecule has 22 heteroatoms. The van der Waals surface area contributed by atoms with Crippen molar-refractivity contribution in [3.63, 3.8) is 0 Å². The van der Waals surface area contributed by atoms with E-state index in [9.17, 15) is 8.76 Å². The number of halogens is 1. The Hall–Kier alpha value is -0.706. The summed E-state index contributed by atoms with van der Waals surface area (Å²) in [6.07, 6.45) is 4.22. The highest BCUT2D eigenvalue weighted by Gasteiger charge is 2.60. The monoisotopic (exact) mass is 1640 g/mol. The Morgan fingerprint density at radius 3 is 1.78 bits per heavy atom. The number of fused-ring (bicyclic) bond motifs is 1. The van der Waals surface area contributed by atoms with Crippen molar-refractivity contribution in [1.82, 2.24) is 0 Å². The van der Waals surface area contributed by atoms with E-state index in [1.54, 1.807) is 12.1 Å². The zero-order valence-corrected chi connectivity index (χ0v) is 76.4. The third kappa shape index (κ3) is 21.7. The minimum absolute atomic E-state index is 0.00627. The molecule has 6 aliphatic rings. The number of hydrogen-bond donors (Lipinski definition) is 1. The molecule has 15 nitrogen and oxygen atoms in total. The van der Waals surface area contributed by atoms with Crippen LogP contribution >= 0.6 is 22.6 Å². The molecule has 0 spiro atoms. The third-order valence-electron chi connectivity index (χ3n) is 26.0. The van der Waals surface area contributed by atoms with Crippen molar-refractivity contribution in [2.45, 2.75) is 388 Å². The van der Waals surface area contributed by atoms with Crippen molar-refractivity contribution < 1.29 is 68.8 Å². The molecule has 0 radical (unpaired) electrons. The van der Waals surface area contributed by atoms with E-state index < -0.39 is 119 Å². The quantitative estimate of drug-likeness (QED) is 0.0334. The molecule has 1 N–H and O–H groups in total. The topological polar surface area (TPSA) is 165 Å². The summed E-state index contributed by atoms with van der Waals surface area (Å²) in [5.41, 5.74) is 4.55. The first-order valence-corrected chi connectivity index (χ1v) is 55.6. The summed E-state index contributed by atoms with van der Waals surface area (Å²) in [6.45, 7) is 76.8. The van der Waals surface area contributed by atoms with Crippen LogP contribution in [0.1, 0.15) is 205 Å². The second kappa shape index (κ2) is 34.5. The predicted octanol–water partition coefficient (Wildman–Crippen LogP) is 20.4. The fourth-order valence-corrected chi connectivity index (χ4v) is 21.3. The Morgan fingerprint density at radius 1 is 0.676 bits per heavy atom. The zero-order valence-electron chi connectivity index (χ0n) is 68.5. The van der Waals surface area contributed by atoms with E-state index in [2.05, 4.69) is 232 Å². The zero-order chi connectivity index (χ0) is 76.6. The van der Waals surface area contributed by atoms with Gasteiger partial charge in [0.1, 0.15) is 30.2 Å². The van der Waals surface area contributed by atoms with Crippen LogP contribution in [0.4, 0.5) is 0 Å². The van der Waals surface area contributed by atoms with Crippen LogP contribution in [0.25, 0.3) is 0 Å². The van der Waals surface area contributed by atoms with Gasteiger partial charge in [0.05, 0.1) is 91.7 Å². The van der Waals surface area contributed by atoms with E-state index in [0.29, 0.717) is 70.3 Å². The molecule has 6 saturated heterocycles. The van der Waals surface area contributed by atoms with Gasteiger partial charge in [-0.3, -0.25) is 4.79 Å². The van der Waals surface area contributed by atoms with Gasteiger partial charge in [-0.2, -0.15) is 0 Å². The van der Waals surface area contributed by atoms with E-state index in [-0.39, 0.29) is 78.6 Å². The van der Waals surface area contributed by atoms with Crippen LogP contribution in [-0.2, 0) is 77.6 Å². The lowest BCUT2D eigenvalue weighted by Crippen LogP contribution is -2.69. The maximum absolute atomic E-state index is 17.1. The van der Waals surface area contributed by atoms with E-state index >= 15 is 4.79 Å². The lowest BCUT2D eigenvalue weighted by Gasteiger charge is -2.56. The number of benzene rings is 1. The molecule has 584 valence electrons. The number of Topliss-reactive ketones (excluding diaryl/α,β-unsaturated/α-hetero) is 1. The highest BCUT2D eigenvalue weighted by molar-refractivity contribution is 14.1. The van der Waals surface area contributed by atoms with Gasteiger partial charge in [0.15, 0.2) is 59.0 Å². The molecule has 7 unspecified atom stereocenters. The van der Waals surface area contributed by atoms with Gasteiger partial charge in [-0.05, 0) is 205 Å². The summed E-state index contributed by atoms with van der Waals surface area (Å²) >= 11 is -0.0291. The van der Waals surface area contributed by atoms with E-state index in [1.165, 1.54) is 0 Å². The second-order valence-electron chi connectivity index (χ2n) is 38.6. The maximum Gasteiger partial charge on any atom is 0.193 e. The lowest BCUT2D eigenvalue weighted by atomic mass is 9.72. The van der Waals surface area contributed by atoms with Crippen LogP contribution in [0.15, 0.2) is 69.7 Å². The lowest BCUT2D eigenvalue weighted by molar-refractivity contribution is -0.268. The van der Waals surface area contributed by atoms with Gasteiger partial charge in [-0.25, -0.2) is 4.21 Å². The number of ether oxygens (including phenoxy) is 7. The number of ketones is 1. The van der Waals surface area contributed by atoms with Gasteiger partial charge in [0.25, 0.3) is 0 Å². The molecule has 1 aromatic rings. The van der Waals surface area contributed by atoms with Gasteiger partial charge >= 0.3 is 0 Å². The highest BCUT2D eigenvalue weighted by atomic mass is 127. The van der Waals surface area contributed by atoms with Gasteiger partial charge < -0.3 is 59.8 Å². The first-order chi connectivity index (χ1) is 46.7. The molecular formula is C80H141IO15SSi5. The molecular weight excluding hydrogens is 1500 g/mol. The minimum Gasteiger partial charge on any atom is -0.414 e. The molecule has 6 heterocycles. The largest absolute Gasteiger partial charge is 0.414 e. The van der Waals surface area contributed by atoms with Crippen LogP contribution < -0.4 is 0 Å². The first kappa shape index (κ1) is 88.5. The van der Waals surface area contributed by atoms with Crippen molar-refractivity contribution in [3.05, 3.63) is 75.9 Å². The number of rotatable bonds is 30. The summed E-state index contributed by atoms with van der Waals surface area (Å²) in [5, 5.41) is -0.556. The van der Waals surface area contributed by atoms with Crippen molar-refractivity contribution in [1.29, 1.82) is 0 Å². The SMILES string of the molecule is C=C1C[C@H](CC[C@@H]2O[C@@H](CCC3OCCO3)CC2=C)O[C@H](C[C@@H]2O[C@H](CC(CO[Si](C)(C)C(C)(C)C)O[Si](C)(C)C(C)(C)C)C[C@H]2[C@@H](C)C(=O)C(c2cc(S(=O)O)ccc2CC)[C@H]2CC[C@@H]3OC([C@H](/C=C/I)O[Si](C)(C)C(C)(C)C)C(O[Si](C)(C)C(C)(C)C)C(O[Si](C)(C)C(C)(C)C)C3O2)C1=C. The highest BCUT2D eigenvalue weighted by Crippen LogP contribution is 2.52. The Morgan fingerprint density at radius 2 is 1.23 bits per heavy atom. The third-order valence-corrected chi connectivity index (χ3v) is 49.6. The molecule has 6 aliphatic heterocycles. The summed E-state index contributed by atoms with van der Waals surface area (Å²) in [6, 6.07) is 5.44. The van der Waals surface area contributed by atoms with Crippen molar-refractivity contribution in [2.75, 3.05) is 19.8 Å². The average molecular weight is 1640 g/mol. The van der Waals surface area contributed by atoms with Crippen LogP contribution in [0, 0.1) is 11.8 Å². The molecule has 18 atom stereocenters. The van der Waals surface area contributed by atoms with E-state index in [4.69, 9.17) is 55.3 Å². The average Bonchev–Trinajstić information content (AvgIpc) is 0.910.